The van der Waals surface area contributed by atoms with Gasteiger partial charge < -0.3 is 13.9 Å². The number of hydrogen-bond donors (Lipinski definition) is 0. The van der Waals surface area contributed by atoms with E-state index in [1.807, 2.05) is 25.1 Å². The Morgan fingerprint density at radius 2 is 2.12 bits per heavy atom. The molecule has 0 aliphatic rings. The smallest absolute Gasteiger partial charge is 0.374 e. The fourth-order valence-electron chi connectivity index (χ4n) is 2.13. The molecule has 7 heteroatoms. The summed E-state index contributed by atoms with van der Waals surface area (Å²) in [4.78, 5) is 19.8. The summed E-state index contributed by atoms with van der Waals surface area (Å²) >= 11 is 5.70. The van der Waals surface area contributed by atoms with Gasteiger partial charge >= 0.3 is 5.97 Å². The fraction of sp³-hybridized carbons (Fsp3) is 0.235. The van der Waals surface area contributed by atoms with Crippen molar-refractivity contribution in [3.05, 3.63) is 53.1 Å². The Morgan fingerprint density at radius 3 is 2.96 bits per heavy atom. The van der Waals surface area contributed by atoms with E-state index in [4.69, 9.17) is 25.5 Å². The minimum atomic E-state index is -0.494. The van der Waals surface area contributed by atoms with Crippen LogP contribution in [0.3, 0.4) is 0 Å². The molecule has 124 valence electrons. The molecule has 0 fully saturated rings. The lowest BCUT2D eigenvalue weighted by Gasteiger charge is -2.05. The SMILES string of the molecule is Cc1ccc2oc(C(=O)OCCCOc3cncc(Cl)n3)cc2c1. The second kappa shape index (κ2) is 7.31. The second-order valence-corrected chi connectivity index (χ2v) is 5.56. The number of benzene rings is 1. The highest BCUT2D eigenvalue weighted by Gasteiger charge is 2.13. The van der Waals surface area contributed by atoms with Gasteiger partial charge in [-0.2, -0.15) is 4.98 Å². The summed E-state index contributed by atoms with van der Waals surface area (Å²) in [5.74, 6) is 0.0325. The fourth-order valence-corrected chi connectivity index (χ4v) is 2.27. The van der Waals surface area contributed by atoms with Crippen molar-refractivity contribution in [3.63, 3.8) is 0 Å². The molecule has 0 radical (unpaired) electrons. The van der Waals surface area contributed by atoms with Gasteiger partial charge in [0.25, 0.3) is 0 Å². The molecule has 0 aliphatic heterocycles. The summed E-state index contributed by atoms with van der Waals surface area (Å²) in [5, 5.41) is 1.14. The second-order valence-electron chi connectivity index (χ2n) is 5.17. The van der Waals surface area contributed by atoms with E-state index in [9.17, 15) is 4.79 Å². The Kier molecular flexibility index (Phi) is 4.96. The maximum Gasteiger partial charge on any atom is 0.374 e. The number of fused-ring (bicyclic) bond motifs is 1. The first-order chi connectivity index (χ1) is 11.6. The molecule has 1 aromatic carbocycles. The highest BCUT2D eigenvalue weighted by atomic mass is 35.5. The highest BCUT2D eigenvalue weighted by molar-refractivity contribution is 6.29. The summed E-state index contributed by atoms with van der Waals surface area (Å²) < 4.78 is 16.0. The lowest BCUT2D eigenvalue weighted by Crippen LogP contribution is -2.09. The van der Waals surface area contributed by atoms with Gasteiger partial charge in [-0.05, 0) is 25.1 Å². The van der Waals surface area contributed by atoms with Crippen LogP contribution in [0.5, 0.6) is 5.88 Å². The largest absolute Gasteiger partial charge is 0.476 e. The third-order valence-electron chi connectivity index (χ3n) is 3.23. The van der Waals surface area contributed by atoms with E-state index in [-0.39, 0.29) is 17.5 Å². The molecule has 0 atom stereocenters. The summed E-state index contributed by atoms with van der Waals surface area (Å²) in [6.07, 6.45) is 3.40. The Morgan fingerprint density at radius 1 is 1.25 bits per heavy atom. The van der Waals surface area contributed by atoms with E-state index in [0.29, 0.717) is 24.5 Å². The lowest BCUT2D eigenvalue weighted by atomic mass is 10.2. The predicted molar refractivity (Wildman–Crippen MR) is 88.4 cm³/mol. The van der Waals surface area contributed by atoms with Crippen molar-refractivity contribution >= 4 is 28.5 Å². The highest BCUT2D eigenvalue weighted by Crippen LogP contribution is 2.21. The van der Waals surface area contributed by atoms with Crippen molar-refractivity contribution in [1.29, 1.82) is 0 Å². The molecule has 0 bridgehead atoms. The molecule has 0 saturated heterocycles. The first-order valence-electron chi connectivity index (χ1n) is 7.39. The van der Waals surface area contributed by atoms with Crippen LogP contribution in [0.1, 0.15) is 22.5 Å². The van der Waals surface area contributed by atoms with Gasteiger partial charge in [0, 0.05) is 11.8 Å². The van der Waals surface area contributed by atoms with Crippen LogP contribution in [0, 0.1) is 6.92 Å². The van der Waals surface area contributed by atoms with Gasteiger partial charge in [-0.3, -0.25) is 4.98 Å². The van der Waals surface area contributed by atoms with Crippen molar-refractivity contribution < 1.29 is 18.7 Å². The number of rotatable bonds is 6. The zero-order valence-electron chi connectivity index (χ0n) is 13.0. The van der Waals surface area contributed by atoms with Crippen LogP contribution in [-0.4, -0.2) is 29.2 Å². The molecular weight excluding hydrogens is 332 g/mol. The molecule has 3 rings (SSSR count). The van der Waals surface area contributed by atoms with E-state index >= 15 is 0 Å². The summed E-state index contributed by atoms with van der Waals surface area (Å²) in [7, 11) is 0. The molecule has 0 N–H and O–H groups in total. The first-order valence-corrected chi connectivity index (χ1v) is 7.77. The monoisotopic (exact) mass is 346 g/mol. The van der Waals surface area contributed by atoms with Crippen molar-refractivity contribution in [2.75, 3.05) is 13.2 Å². The molecule has 2 heterocycles. The maximum absolute atomic E-state index is 12.0. The molecule has 0 saturated carbocycles. The molecule has 2 aromatic heterocycles. The number of hydrogen-bond acceptors (Lipinski definition) is 6. The first kappa shape index (κ1) is 16.3. The average Bonchev–Trinajstić information content (AvgIpc) is 2.97. The zero-order valence-corrected chi connectivity index (χ0v) is 13.7. The number of halogens is 1. The van der Waals surface area contributed by atoms with Crippen LogP contribution in [0.15, 0.2) is 41.1 Å². The van der Waals surface area contributed by atoms with Crippen molar-refractivity contribution in [1.82, 2.24) is 9.97 Å². The van der Waals surface area contributed by atoms with Crippen LogP contribution in [0.2, 0.25) is 5.15 Å². The van der Waals surface area contributed by atoms with Gasteiger partial charge in [-0.15, -0.1) is 0 Å². The van der Waals surface area contributed by atoms with Gasteiger partial charge in [0.2, 0.25) is 11.6 Å². The van der Waals surface area contributed by atoms with E-state index in [0.717, 1.165) is 10.9 Å². The molecule has 0 amide bonds. The van der Waals surface area contributed by atoms with Gasteiger partial charge in [-0.25, -0.2) is 4.79 Å². The quantitative estimate of drug-likeness (QED) is 0.499. The molecule has 0 aliphatic carbocycles. The number of esters is 1. The van der Waals surface area contributed by atoms with Gasteiger partial charge in [0.05, 0.1) is 25.6 Å². The minimum absolute atomic E-state index is 0.192. The minimum Gasteiger partial charge on any atom is -0.476 e. The number of aromatic nitrogens is 2. The normalized spacial score (nSPS) is 10.8. The number of aryl methyl sites for hydroxylation is 1. The molecule has 24 heavy (non-hydrogen) atoms. The molecule has 0 unspecified atom stereocenters. The Balaban J connectivity index is 1.46. The Bertz CT molecular complexity index is 863. The van der Waals surface area contributed by atoms with E-state index in [2.05, 4.69) is 9.97 Å². The van der Waals surface area contributed by atoms with Gasteiger partial charge in [0.1, 0.15) is 5.58 Å². The summed E-state index contributed by atoms with van der Waals surface area (Å²) in [6.45, 7) is 2.53. The standard InChI is InChI=1S/C17H15ClN2O4/c1-11-3-4-13-12(7-11)8-14(24-13)17(21)23-6-2-5-22-16-10-19-9-15(18)20-16/h3-4,7-10H,2,5-6H2,1H3. The van der Waals surface area contributed by atoms with Crippen molar-refractivity contribution in [2.45, 2.75) is 13.3 Å². The number of carbonyl (C=O) groups excluding carboxylic acids is 1. The van der Waals surface area contributed by atoms with Gasteiger partial charge in [-0.1, -0.05) is 23.2 Å². The van der Waals surface area contributed by atoms with Crippen LogP contribution < -0.4 is 4.74 Å². The number of ether oxygens (including phenoxy) is 2. The van der Waals surface area contributed by atoms with Crippen molar-refractivity contribution in [2.24, 2.45) is 0 Å². The average molecular weight is 347 g/mol. The van der Waals surface area contributed by atoms with Crippen molar-refractivity contribution in [3.8, 4) is 5.88 Å². The summed E-state index contributed by atoms with van der Waals surface area (Å²) in [6, 6.07) is 7.40. The lowest BCUT2D eigenvalue weighted by molar-refractivity contribution is 0.0452. The van der Waals surface area contributed by atoms with Crippen LogP contribution in [-0.2, 0) is 4.74 Å². The number of carbonyl (C=O) groups is 1. The predicted octanol–water partition coefficient (Wildman–Crippen LogP) is 3.81. The van der Waals surface area contributed by atoms with E-state index in [1.165, 1.54) is 12.4 Å². The maximum atomic E-state index is 12.0. The third-order valence-corrected chi connectivity index (χ3v) is 3.41. The molecule has 3 aromatic rings. The Labute approximate surface area is 143 Å². The van der Waals surface area contributed by atoms with Crippen LogP contribution in [0.4, 0.5) is 0 Å². The van der Waals surface area contributed by atoms with E-state index in [1.54, 1.807) is 6.07 Å². The Hall–Kier alpha value is -2.60. The third kappa shape index (κ3) is 4.02. The summed E-state index contributed by atoms with van der Waals surface area (Å²) in [5.41, 5.74) is 1.76. The number of nitrogens with zero attached hydrogens (tertiary/aromatic N) is 2. The molecule has 6 nitrogen and oxygen atoms in total. The number of furan rings is 1. The molecular formula is C17H15ClN2O4. The zero-order chi connectivity index (χ0) is 16.9. The van der Waals surface area contributed by atoms with Gasteiger partial charge in [0.15, 0.2) is 5.15 Å². The van der Waals surface area contributed by atoms with E-state index < -0.39 is 5.97 Å². The topological polar surface area (TPSA) is 74.5 Å². The van der Waals surface area contributed by atoms with Crippen LogP contribution >= 0.6 is 11.6 Å². The molecule has 0 spiro atoms. The van der Waals surface area contributed by atoms with Crippen LogP contribution in [0.25, 0.3) is 11.0 Å².